The second-order valence-electron chi connectivity index (χ2n) is 6.08. The number of piperidine rings is 1. The van der Waals surface area contributed by atoms with Crippen LogP contribution >= 0.6 is 11.6 Å². The molecule has 1 aromatic heterocycles. The molecule has 2 amide bonds. The molecule has 0 unspecified atom stereocenters. The summed E-state index contributed by atoms with van der Waals surface area (Å²) in [6, 6.07) is 1.57. The number of halogens is 1. The van der Waals surface area contributed by atoms with Crippen molar-refractivity contribution in [2.75, 3.05) is 26.3 Å². The minimum atomic E-state index is -0.302. The highest BCUT2D eigenvalue weighted by atomic mass is 35.5. The molecule has 2 aliphatic heterocycles. The van der Waals surface area contributed by atoms with Gasteiger partial charge in [0.1, 0.15) is 11.1 Å². The number of ether oxygens (including phenoxy) is 2. The topological polar surface area (TPSA) is 94.8 Å². The van der Waals surface area contributed by atoms with Crippen molar-refractivity contribution in [1.82, 2.24) is 9.88 Å². The summed E-state index contributed by atoms with van der Waals surface area (Å²) in [5.74, 6) is -0.288. The molecule has 2 N–H and O–H groups in total. The van der Waals surface area contributed by atoms with Gasteiger partial charge < -0.3 is 20.1 Å². The van der Waals surface area contributed by atoms with Gasteiger partial charge in [0.05, 0.1) is 18.8 Å². The quantitative estimate of drug-likeness (QED) is 0.878. The lowest BCUT2D eigenvalue weighted by molar-refractivity contribution is -0.123. The van der Waals surface area contributed by atoms with E-state index in [2.05, 4.69) is 4.98 Å². The maximum atomic E-state index is 12.5. The predicted molar refractivity (Wildman–Crippen MR) is 86.9 cm³/mol. The Morgan fingerprint density at radius 2 is 2.08 bits per heavy atom. The molecule has 0 bridgehead atoms. The lowest BCUT2D eigenvalue weighted by Crippen LogP contribution is -2.41. The van der Waals surface area contributed by atoms with Crippen molar-refractivity contribution in [2.45, 2.75) is 25.4 Å². The number of rotatable bonds is 4. The smallest absolute Gasteiger partial charge is 0.255 e. The Bertz CT molecular complexity index is 626. The minimum absolute atomic E-state index is 0.0515. The summed E-state index contributed by atoms with van der Waals surface area (Å²) in [6.45, 7) is 2.19. The average Bonchev–Trinajstić information content (AvgIpc) is 3.09. The van der Waals surface area contributed by atoms with E-state index in [0.29, 0.717) is 55.6 Å². The third kappa shape index (κ3) is 3.79. The van der Waals surface area contributed by atoms with Gasteiger partial charge in [0.2, 0.25) is 11.8 Å². The number of primary amides is 1. The van der Waals surface area contributed by atoms with E-state index in [1.54, 1.807) is 11.0 Å². The van der Waals surface area contributed by atoms with Gasteiger partial charge in [0.25, 0.3) is 5.91 Å². The van der Waals surface area contributed by atoms with Gasteiger partial charge >= 0.3 is 0 Å². The first kappa shape index (κ1) is 17.0. The molecule has 0 aromatic carbocycles. The van der Waals surface area contributed by atoms with Crippen LogP contribution in [0.2, 0.25) is 5.02 Å². The molecule has 3 rings (SSSR count). The van der Waals surface area contributed by atoms with Gasteiger partial charge in [-0.05, 0) is 18.9 Å². The zero-order chi connectivity index (χ0) is 17.1. The summed E-state index contributed by atoms with van der Waals surface area (Å²) in [5, 5.41) is 0.305. The highest BCUT2D eigenvalue weighted by molar-refractivity contribution is 6.32. The average molecular weight is 354 g/mol. The number of likely N-dealkylation sites (tertiary alicyclic amines) is 1. The van der Waals surface area contributed by atoms with Crippen LogP contribution < -0.4 is 10.5 Å². The number of carbonyl (C=O) groups excluding carboxylic acids is 2. The maximum absolute atomic E-state index is 12.5. The van der Waals surface area contributed by atoms with Crippen molar-refractivity contribution in [3.8, 4) is 5.88 Å². The Morgan fingerprint density at radius 3 is 2.67 bits per heavy atom. The number of carbonyl (C=O) groups is 2. The van der Waals surface area contributed by atoms with Crippen molar-refractivity contribution in [1.29, 1.82) is 0 Å². The van der Waals surface area contributed by atoms with Crippen LogP contribution in [0.5, 0.6) is 5.88 Å². The van der Waals surface area contributed by atoms with Crippen molar-refractivity contribution in [3.63, 3.8) is 0 Å². The maximum Gasteiger partial charge on any atom is 0.255 e. The van der Waals surface area contributed by atoms with Crippen LogP contribution in [0.4, 0.5) is 0 Å². The van der Waals surface area contributed by atoms with E-state index in [1.807, 2.05) is 0 Å². The largest absolute Gasteiger partial charge is 0.471 e. The number of nitrogens with two attached hydrogens (primary N) is 1. The molecule has 0 spiro atoms. The van der Waals surface area contributed by atoms with Crippen LogP contribution in [0.15, 0.2) is 12.3 Å². The Kier molecular flexibility index (Phi) is 5.20. The molecule has 1 atom stereocenters. The molecule has 24 heavy (non-hydrogen) atoms. The number of nitrogens with zero attached hydrogens (tertiary/aromatic N) is 2. The number of aromatic nitrogens is 1. The van der Waals surface area contributed by atoms with E-state index in [-0.39, 0.29) is 23.8 Å². The first-order chi connectivity index (χ1) is 11.5. The highest BCUT2D eigenvalue weighted by Gasteiger charge is 2.27. The van der Waals surface area contributed by atoms with Gasteiger partial charge in [0, 0.05) is 31.6 Å². The molecule has 130 valence electrons. The van der Waals surface area contributed by atoms with Crippen LogP contribution in [-0.2, 0) is 9.53 Å². The lowest BCUT2D eigenvalue weighted by atomic mass is 9.96. The van der Waals surface area contributed by atoms with Crippen molar-refractivity contribution in [2.24, 2.45) is 11.7 Å². The Hall–Kier alpha value is -1.86. The predicted octanol–water partition coefficient (Wildman–Crippen LogP) is 1.24. The second-order valence-corrected chi connectivity index (χ2v) is 6.49. The molecule has 1 aromatic rings. The van der Waals surface area contributed by atoms with E-state index in [1.165, 1.54) is 6.20 Å². The minimum Gasteiger partial charge on any atom is -0.471 e. The van der Waals surface area contributed by atoms with Gasteiger partial charge in [0.15, 0.2) is 0 Å². The molecular weight excluding hydrogens is 334 g/mol. The first-order valence-electron chi connectivity index (χ1n) is 8.03. The van der Waals surface area contributed by atoms with Crippen LogP contribution in [0, 0.1) is 5.92 Å². The van der Waals surface area contributed by atoms with Crippen LogP contribution in [0.3, 0.4) is 0 Å². The molecular formula is C16H20ClN3O4. The third-order valence-corrected chi connectivity index (χ3v) is 4.68. The Balaban J connectivity index is 1.63. The van der Waals surface area contributed by atoms with E-state index in [0.717, 1.165) is 6.42 Å². The number of hydrogen-bond donors (Lipinski definition) is 1. The van der Waals surface area contributed by atoms with Gasteiger partial charge in [-0.15, -0.1) is 0 Å². The molecule has 8 heteroatoms. The fourth-order valence-corrected chi connectivity index (χ4v) is 3.15. The SMILES string of the molecule is NC(=O)C1CCN(C(=O)c2cnc(O[C@H]3CCOC3)c(Cl)c2)CC1. The third-order valence-electron chi connectivity index (χ3n) is 4.41. The molecule has 0 radical (unpaired) electrons. The summed E-state index contributed by atoms with van der Waals surface area (Å²) < 4.78 is 10.9. The second kappa shape index (κ2) is 7.36. The Morgan fingerprint density at radius 1 is 1.33 bits per heavy atom. The lowest BCUT2D eigenvalue weighted by Gasteiger charge is -2.30. The molecule has 2 fully saturated rings. The molecule has 2 saturated heterocycles. The zero-order valence-corrected chi connectivity index (χ0v) is 14.0. The molecule has 7 nitrogen and oxygen atoms in total. The van der Waals surface area contributed by atoms with E-state index >= 15 is 0 Å². The number of pyridine rings is 1. The monoisotopic (exact) mass is 353 g/mol. The molecule has 0 saturated carbocycles. The van der Waals surface area contributed by atoms with Gasteiger partial charge in [-0.1, -0.05) is 11.6 Å². The van der Waals surface area contributed by atoms with Crippen LogP contribution in [-0.4, -0.2) is 54.1 Å². The van der Waals surface area contributed by atoms with Crippen molar-refractivity contribution < 1.29 is 19.1 Å². The summed E-state index contributed by atoms with van der Waals surface area (Å²) in [4.78, 5) is 29.6. The van der Waals surface area contributed by atoms with Gasteiger partial charge in [-0.2, -0.15) is 0 Å². The van der Waals surface area contributed by atoms with Crippen molar-refractivity contribution >= 4 is 23.4 Å². The normalized spacial score (nSPS) is 21.7. The molecule has 3 heterocycles. The van der Waals surface area contributed by atoms with E-state index in [9.17, 15) is 9.59 Å². The number of amides is 2. The summed E-state index contributed by atoms with van der Waals surface area (Å²) in [6.07, 6.45) is 3.40. The molecule has 0 aliphatic carbocycles. The highest BCUT2D eigenvalue weighted by Crippen LogP contribution is 2.26. The summed E-state index contributed by atoms with van der Waals surface area (Å²) >= 11 is 6.20. The summed E-state index contributed by atoms with van der Waals surface area (Å²) in [7, 11) is 0. The number of hydrogen-bond acceptors (Lipinski definition) is 5. The molecule has 2 aliphatic rings. The van der Waals surface area contributed by atoms with Gasteiger partial charge in [-0.3, -0.25) is 9.59 Å². The van der Waals surface area contributed by atoms with E-state index in [4.69, 9.17) is 26.8 Å². The van der Waals surface area contributed by atoms with Crippen LogP contribution in [0.25, 0.3) is 0 Å². The first-order valence-corrected chi connectivity index (χ1v) is 8.41. The summed E-state index contributed by atoms with van der Waals surface area (Å²) in [5.41, 5.74) is 5.72. The standard InChI is InChI=1S/C16H20ClN3O4/c17-13-7-11(8-19-15(13)24-12-3-6-23-9-12)16(22)20-4-1-10(2-5-20)14(18)21/h7-8,10,12H,1-6,9H2,(H2,18,21)/t12-/m0/s1. The Labute approximate surface area is 145 Å². The fourth-order valence-electron chi connectivity index (χ4n) is 2.94. The zero-order valence-electron chi connectivity index (χ0n) is 13.2. The van der Waals surface area contributed by atoms with E-state index < -0.39 is 0 Å². The van der Waals surface area contributed by atoms with Crippen molar-refractivity contribution in [3.05, 3.63) is 22.8 Å². The fraction of sp³-hybridized carbons (Fsp3) is 0.562. The van der Waals surface area contributed by atoms with Crippen LogP contribution in [0.1, 0.15) is 29.6 Å². The van der Waals surface area contributed by atoms with Gasteiger partial charge in [-0.25, -0.2) is 4.98 Å².